The minimum atomic E-state index is 0.745. The second-order valence-corrected chi connectivity index (χ2v) is 8.74. The van der Waals surface area contributed by atoms with Gasteiger partial charge in [-0.2, -0.15) is 0 Å². The molecule has 1 aliphatic rings. The average Bonchev–Trinajstić information content (AvgIpc) is 2.95. The number of benzene rings is 2. The highest BCUT2D eigenvalue weighted by Crippen LogP contribution is 2.29. The molecule has 0 unspecified atom stereocenters. The van der Waals surface area contributed by atoms with Gasteiger partial charge < -0.3 is 9.72 Å². The monoisotopic (exact) mass is 430 g/mol. The molecule has 0 atom stereocenters. The van der Waals surface area contributed by atoms with E-state index in [1.807, 2.05) is 12.1 Å². The van der Waals surface area contributed by atoms with Crippen LogP contribution in [0.2, 0.25) is 5.02 Å². The molecule has 0 bridgehead atoms. The van der Waals surface area contributed by atoms with Crippen molar-refractivity contribution >= 4 is 17.2 Å². The summed E-state index contributed by atoms with van der Waals surface area (Å²) >= 11 is 6.15. The molecule has 2 aromatic heterocycles. The summed E-state index contributed by atoms with van der Waals surface area (Å²) in [5.74, 6) is 0. The van der Waals surface area contributed by atoms with E-state index in [0.29, 0.717) is 0 Å². The van der Waals surface area contributed by atoms with Gasteiger partial charge in [-0.25, -0.2) is 4.98 Å². The summed E-state index contributed by atoms with van der Waals surface area (Å²) in [6.45, 7) is 7.25. The molecule has 158 valence electrons. The van der Waals surface area contributed by atoms with Gasteiger partial charge in [-0.3, -0.25) is 4.90 Å². The smallest absolute Gasteiger partial charge is 0.137 e. The van der Waals surface area contributed by atoms with E-state index in [1.54, 1.807) is 0 Å². The molecule has 0 amide bonds. The van der Waals surface area contributed by atoms with Crippen LogP contribution in [0.3, 0.4) is 0 Å². The third-order valence-corrected chi connectivity index (χ3v) is 6.28. The van der Waals surface area contributed by atoms with Crippen LogP contribution >= 0.6 is 11.6 Å². The first kappa shape index (κ1) is 20.3. The molecule has 1 aliphatic heterocycles. The predicted molar refractivity (Wildman–Crippen MR) is 129 cm³/mol. The number of hydrogen-bond donors (Lipinski definition) is 1. The standard InChI is InChI=1S/C26H27ClN4/c1-19-3-5-20(6-4-19)22-9-12-25-29-26(21-7-10-23(27)11-8-21)24(31(25)17-22)18-30-15-2-13-28-14-16-30/h3-12,17,28H,2,13-16,18H2,1H3. The molecular weight excluding hydrogens is 404 g/mol. The van der Waals surface area contributed by atoms with Crippen molar-refractivity contribution < 1.29 is 0 Å². The molecule has 3 heterocycles. The van der Waals surface area contributed by atoms with Crippen molar-refractivity contribution in [3.63, 3.8) is 0 Å². The van der Waals surface area contributed by atoms with E-state index in [2.05, 4.69) is 76.3 Å². The normalized spacial score (nSPS) is 15.3. The Balaban J connectivity index is 1.62. The predicted octanol–water partition coefficient (Wildman–Crippen LogP) is 5.43. The lowest BCUT2D eigenvalue weighted by Crippen LogP contribution is -2.28. The molecule has 0 radical (unpaired) electrons. The van der Waals surface area contributed by atoms with Crippen molar-refractivity contribution in [2.75, 3.05) is 26.2 Å². The van der Waals surface area contributed by atoms with E-state index in [1.165, 1.54) is 28.8 Å². The van der Waals surface area contributed by atoms with Crippen molar-refractivity contribution in [1.82, 2.24) is 19.6 Å². The van der Waals surface area contributed by atoms with Crippen molar-refractivity contribution in [2.24, 2.45) is 0 Å². The number of aryl methyl sites for hydroxylation is 1. The fourth-order valence-corrected chi connectivity index (χ4v) is 4.40. The number of nitrogens with one attached hydrogen (secondary N) is 1. The highest BCUT2D eigenvalue weighted by molar-refractivity contribution is 6.30. The highest BCUT2D eigenvalue weighted by Gasteiger charge is 2.18. The molecule has 5 rings (SSSR count). The van der Waals surface area contributed by atoms with E-state index in [-0.39, 0.29) is 0 Å². The average molecular weight is 431 g/mol. The molecule has 31 heavy (non-hydrogen) atoms. The van der Waals surface area contributed by atoms with Gasteiger partial charge in [0.1, 0.15) is 5.65 Å². The van der Waals surface area contributed by atoms with Crippen LogP contribution in [0.15, 0.2) is 66.9 Å². The van der Waals surface area contributed by atoms with Crippen LogP contribution < -0.4 is 5.32 Å². The second-order valence-electron chi connectivity index (χ2n) is 8.31. The third-order valence-electron chi connectivity index (χ3n) is 6.03. The van der Waals surface area contributed by atoms with Gasteiger partial charge in [0.05, 0.1) is 11.4 Å². The van der Waals surface area contributed by atoms with Gasteiger partial charge >= 0.3 is 0 Å². The molecule has 4 nitrogen and oxygen atoms in total. The molecule has 1 N–H and O–H groups in total. The molecule has 5 heteroatoms. The zero-order chi connectivity index (χ0) is 21.2. The van der Waals surface area contributed by atoms with Crippen LogP contribution in [-0.4, -0.2) is 40.5 Å². The van der Waals surface area contributed by atoms with Crippen LogP contribution in [0.4, 0.5) is 0 Å². The molecule has 4 aromatic rings. The molecular formula is C26H27ClN4. The Bertz CT molecular complexity index is 1170. The zero-order valence-corrected chi connectivity index (χ0v) is 18.6. The quantitative estimate of drug-likeness (QED) is 0.468. The fourth-order valence-electron chi connectivity index (χ4n) is 4.27. The number of fused-ring (bicyclic) bond motifs is 1. The van der Waals surface area contributed by atoms with Gasteiger partial charge in [-0.1, -0.05) is 53.6 Å². The Hall–Kier alpha value is -2.66. The number of halogens is 1. The lowest BCUT2D eigenvalue weighted by Gasteiger charge is -2.20. The minimum Gasteiger partial charge on any atom is -0.315 e. The summed E-state index contributed by atoms with van der Waals surface area (Å²) in [5, 5.41) is 4.25. The Morgan fingerprint density at radius 2 is 1.61 bits per heavy atom. The van der Waals surface area contributed by atoms with E-state index in [0.717, 1.165) is 54.7 Å². The molecule has 1 fully saturated rings. The molecule has 1 saturated heterocycles. The zero-order valence-electron chi connectivity index (χ0n) is 17.8. The molecule has 2 aromatic carbocycles. The Kier molecular flexibility index (Phi) is 5.77. The molecule has 0 saturated carbocycles. The molecule has 0 aliphatic carbocycles. The lowest BCUT2D eigenvalue weighted by molar-refractivity contribution is 0.281. The lowest BCUT2D eigenvalue weighted by atomic mass is 10.1. The van der Waals surface area contributed by atoms with Gasteiger partial charge in [0.15, 0.2) is 0 Å². The van der Waals surface area contributed by atoms with Gasteiger partial charge in [0.25, 0.3) is 0 Å². The number of aromatic nitrogens is 2. The number of imidazole rings is 1. The van der Waals surface area contributed by atoms with Crippen LogP contribution in [0.5, 0.6) is 0 Å². The number of hydrogen-bond acceptors (Lipinski definition) is 3. The van der Waals surface area contributed by atoms with Gasteiger partial charge in [-0.05, 0) is 61.8 Å². The first-order valence-corrected chi connectivity index (χ1v) is 11.3. The van der Waals surface area contributed by atoms with Crippen LogP contribution in [-0.2, 0) is 6.54 Å². The SMILES string of the molecule is Cc1ccc(-c2ccc3nc(-c4ccc(Cl)cc4)c(CN4CCCNCC4)n3c2)cc1. The summed E-state index contributed by atoms with van der Waals surface area (Å²) in [5.41, 5.74) is 8.04. The first-order valence-electron chi connectivity index (χ1n) is 10.9. The van der Waals surface area contributed by atoms with Crippen molar-refractivity contribution in [3.8, 4) is 22.4 Å². The summed E-state index contributed by atoms with van der Waals surface area (Å²) in [7, 11) is 0. The maximum Gasteiger partial charge on any atom is 0.137 e. The maximum absolute atomic E-state index is 6.15. The Labute approximate surface area is 188 Å². The third kappa shape index (κ3) is 4.38. The van der Waals surface area contributed by atoms with Crippen molar-refractivity contribution in [1.29, 1.82) is 0 Å². The number of rotatable bonds is 4. The van der Waals surface area contributed by atoms with E-state index in [4.69, 9.17) is 16.6 Å². The summed E-state index contributed by atoms with van der Waals surface area (Å²) < 4.78 is 2.28. The first-order chi connectivity index (χ1) is 15.2. The van der Waals surface area contributed by atoms with Crippen LogP contribution in [0.25, 0.3) is 28.0 Å². The van der Waals surface area contributed by atoms with Gasteiger partial charge in [0.2, 0.25) is 0 Å². The minimum absolute atomic E-state index is 0.745. The van der Waals surface area contributed by atoms with Gasteiger partial charge in [-0.15, -0.1) is 0 Å². The van der Waals surface area contributed by atoms with Crippen molar-refractivity contribution in [2.45, 2.75) is 19.9 Å². The maximum atomic E-state index is 6.15. The largest absolute Gasteiger partial charge is 0.315 e. The van der Waals surface area contributed by atoms with Gasteiger partial charge in [0, 0.05) is 36.4 Å². The van der Waals surface area contributed by atoms with Crippen LogP contribution in [0, 0.1) is 6.92 Å². The topological polar surface area (TPSA) is 32.6 Å². The van der Waals surface area contributed by atoms with E-state index in [9.17, 15) is 0 Å². The number of pyridine rings is 1. The Morgan fingerprint density at radius 1 is 0.871 bits per heavy atom. The van der Waals surface area contributed by atoms with Crippen LogP contribution in [0.1, 0.15) is 17.7 Å². The fraction of sp³-hybridized carbons (Fsp3) is 0.269. The van der Waals surface area contributed by atoms with Crippen molar-refractivity contribution in [3.05, 3.63) is 83.1 Å². The summed E-state index contributed by atoms with van der Waals surface area (Å²) in [4.78, 5) is 7.56. The second kappa shape index (κ2) is 8.83. The summed E-state index contributed by atoms with van der Waals surface area (Å²) in [6, 6.07) is 21.0. The highest BCUT2D eigenvalue weighted by atomic mass is 35.5. The Morgan fingerprint density at radius 3 is 2.42 bits per heavy atom. The number of nitrogens with zero attached hydrogens (tertiary/aromatic N) is 3. The summed E-state index contributed by atoms with van der Waals surface area (Å²) in [6.07, 6.45) is 3.40. The van der Waals surface area contributed by atoms with E-state index >= 15 is 0 Å². The molecule has 0 spiro atoms. The van der Waals surface area contributed by atoms with E-state index < -0.39 is 0 Å².